The molecule has 0 aromatic rings. The molecular weight excluding hydrogens is 311 g/mol. The Morgan fingerprint density at radius 1 is 1.15 bits per heavy atom. The lowest BCUT2D eigenvalue weighted by Gasteiger charge is -2.31. The van der Waals surface area contributed by atoms with E-state index in [0.29, 0.717) is 18.2 Å². The lowest BCUT2D eigenvalue weighted by atomic mass is 10.5. The average molecular weight is 336 g/mol. The van der Waals surface area contributed by atoms with E-state index < -0.39 is 6.64 Å². The number of rotatable bonds is 9. The zero-order valence-corrected chi connectivity index (χ0v) is 15.2. The van der Waals surface area contributed by atoms with Crippen molar-refractivity contribution < 1.29 is 9.05 Å². The van der Waals surface area contributed by atoms with Crippen molar-refractivity contribution in [2.75, 3.05) is 13.1 Å². The predicted molar refractivity (Wildman–Crippen MR) is 94.4 cm³/mol. The Labute approximate surface area is 133 Å². The maximum atomic E-state index is 5.75. The van der Waals surface area contributed by atoms with Crippen LogP contribution in [-0.2, 0) is 20.9 Å². The second-order valence-corrected chi connectivity index (χ2v) is 8.17. The molecule has 0 aliphatic heterocycles. The van der Waals surface area contributed by atoms with Crippen LogP contribution >= 0.6 is 18.9 Å². The van der Waals surface area contributed by atoms with Gasteiger partial charge in [-0.1, -0.05) is 12.2 Å². The molecule has 0 radical (unpaired) electrons. The van der Waals surface area contributed by atoms with Gasteiger partial charge in [-0.2, -0.15) is 0 Å². The van der Waals surface area contributed by atoms with Crippen LogP contribution in [0.3, 0.4) is 0 Å². The summed E-state index contributed by atoms with van der Waals surface area (Å²) in [5.74, 6) is 0. The van der Waals surface area contributed by atoms with E-state index in [2.05, 4.69) is 18.2 Å². The fourth-order valence-corrected chi connectivity index (χ4v) is 4.99. The molecule has 0 fully saturated rings. The van der Waals surface area contributed by atoms with Crippen LogP contribution in [0.25, 0.3) is 0 Å². The standard InChI is InChI=1S/C13H25N2O2PS2/c1-7-9-15(10-8-2)13(19)14-18(20,16-11(3)4)17-12(5)6/h7-8,11-12H,1-2,9-10H2,3-6H3,(H,14,19,20). The van der Waals surface area contributed by atoms with Gasteiger partial charge in [0.05, 0.1) is 12.2 Å². The minimum Gasteiger partial charge on any atom is -0.342 e. The van der Waals surface area contributed by atoms with E-state index in [-0.39, 0.29) is 12.2 Å². The Kier molecular flexibility index (Phi) is 9.51. The van der Waals surface area contributed by atoms with Crippen LogP contribution in [-0.4, -0.2) is 35.3 Å². The van der Waals surface area contributed by atoms with Gasteiger partial charge in [0.15, 0.2) is 5.11 Å². The van der Waals surface area contributed by atoms with Gasteiger partial charge in [-0.25, -0.2) is 0 Å². The summed E-state index contributed by atoms with van der Waals surface area (Å²) in [5.41, 5.74) is 0. The molecular formula is C13H25N2O2PS2. The van der Waals surface area contributed by atoms with Crippen molar-refractivity contribution in [1.29, 1.82) is 0 Å². The van der Waals surface area contributed by atoms with Crippen molar-refractivity contribution in [3.05, 3.63) is 25.3 Å². The summed E-state index contributed by atoms with van der Waals surface area (Å²) in [6.45, 7) is 13.7. The molecule has 0 amide bonds. The van der Waals surface area contributed by atoms with E-state index in [1.165, 1.54) is 0 Å². The lowest BCUT2D eigenvalue weighted by molar-refractivity contribution is 0.172. The number of thiocarbonyl (C=S) groups is 1. The summed E-state index contributed by atoms with van der Waals surface area (Å²) in [4.78, 5) is 1.89. The molecule has 4 nitrogen and oxygen atoms in total. The largest absolute Gasteiger partial charge is 0.342 e. The van der Waals surface area contributed by atoms with E-state index in [1.807, 2.05) is 32.6 Å². The Bertz CT molecular complexity index is 363. The molecule has 0 atom stereocenters. The molecule has 116 valence electrons. The fraction of sp³-hybridized carbons (Fsp3) is 0.615. The zero-order valence-electron chi connectivity index (χ0n) is 12.7. The van der Waals surface area contributed by atoms with Crippen LogP contribution in [0.2, 0.25) is 0 Å². The normalized spacial score (nSPS) is 11.5. The van der Waals surface area contributed by atoms with Gasteiger partial charge in [-0.3, -0.25) is 5.09 Å². The molecule has 0 spiro atoms. The summed E-state index contributed by atoms with van der Waals surface area (Å²) in [7, 11) is 0. The molecule has 0 rings (SSSR count). The summed E-state index contributed by atoms with van der Waals surface area (Å²) >= 11 is 10.9. The highest BCUT2D eigenvalue weighted by molar-refractivity contribution is 8.09. The highest BCUT2D eigenvalue weighted by Crippen LogP contribution is 2.46. The van der Waals surface area contributed by atoms with Crippen LogP contribution in [0.15, 0.2) is 25.3 Å². The minimum absolute atomic E-state index is 0.0397. The van der Waals surface area contributed by atoms with E-state index >= 15 is 0 Å². The molecule has 1 N–H and O–H groups in total. The molecule has 0 heterocycles. The smallest absolute Gasteiger partial charge is 0.289 e. The number of hydrogen-bond acceptors (Lipinski definition) is 4. The van der Waals surface area contributed by atoms with Crippen LogP contribution in [0.4, 0.5) is 0 Å². The van der Waals surface area contributed by atoms with Crippen molar-refractivity contribution >= 4 is 35.8 Å². The van der Waals surface area contributed by atoms with Crippen LogP contribution in [0.1, 0.15) is 27.7 Å². The third-order valence-electron chi connectivity index (χ3n) is 1.92. The first-order chi connectivity index (χ1) is 9.24. The Hall–Kier alpha value is -0.260. The first-order valence-corrected chi connectivity index (χ1v) is 9.54. The van der Waals surface area contributed by atoms with Crippen molar-refractivity contribution in [1.82, 2.24) is 9.99 Å². The van der Waals surface area contributed by atoms with Crippen LogP contribution in [0, 0.1) is 0 Å². The predicted octanol–water partition coefficient (Wildman–Crippen LogP) is 3.61. The summed E-state index contributed by atoms with van der Waals surface area (Å²) < 4.78 is 11.5. The van der Waals surface area contributed by atoms with Crippen molar-refractivity contribution in [3.8, 4) is 0 Å². The second kappa shape index (κ2) is 9.64. The molecule has 0 saturated carbocycles. The Morgan fingerprint density at radius 2 is 1.55 bits per heavy atom. The maximum Gasteiger partial charge on any atom is 0.289 e. The van der Waals surface area contributed by atoms with E-state index in [1.54, 1.807) is 12.2 Å². The van der Waals surface area contributed by atoms with E-state index in [9.17, 15) is 0 Å². The minimum atomic E-state index is -2.66. The van der Waals surface area contributed by atoms with Gasteiger partial charge in [0.2, 0.25) is 0 Å². The van der Waals surface area contributed by atoms with Crippen molar-refractivity contribution in [2.24, 2.45) is 0 Å². The molecule has 0 saturated heterocycles. The van der Waals surface area contributed by atoms with Gasteiger partial charge in [0.25, 0.3) is 6.64 Å². The summed E-state index contributed by atoms with van der Waals surface area (Å²) in [5, 5.41) is 3.56. The van der Waals surface area contributed by atoms with E-state index in [4.69, 9.17) is 33.1 Å². The highest BCUT2D eigenvalue weighted by atomic mass is 32.5. The third kappa shape index (κ3) is 8.12. The zero-order chi connectivity index (χ0) is 15.8. The Morgan fingerprint density at radius 3 is 1.85 bits per heavy atom. The van der Waals surface area contributed by atoms with Gasteiger partial charge < -0.3 is 13.9 Å². The molecule has 20 heavy (non-hydrogen) atoms. The van der Waals surface area contributed by atoms with Crippen molar-refractivity contribution in [3.63, 3.8) is 0 Å². The molecule has 0 aromatic heterocycles. The maximum absolute atomic E-state index is 5.75. The van der Waals surface area contributed by atoms with Gasteiger partial charge in [0, 0.05) is 13.1 Å². The fourth-order valence-electron chi connectivity index (χ4n) is 1.37. The monoisotopic (exact) mass is 336 g/mol. The lowest BCUT2D eigenvalue weighted by Crippen LogP contribution is -2.39. The van der Waals surface area contributed by atoms with Crippen molar-refractivity contribution in [2.45, 2.75) is 39.9 Å². The summed E-state index contributed by atoms with van der Waals surface area (Å²) in [6, 6.07) is 0. The number of hydrogen-bond donors (Lipinski definition) is 1. The van der Waals surface area contributed by atoms with Crippen LogP contribution < -0.4 is 5.09 Å². The molecule has 0 aliphatic carbocycles. The molecule has 7 heteroatoms. The van der Waals surface area contributed by atoms with Gasteiger partial charge >= 0.3 is 0 Å². The SMILES string of the molecule is C=CCN(CC=C)C(=S)NP(=S)(OC(C)C)OC(C)C. The van der Waals surface area contributed by atoms with Crippen LogP contribution in [0.5, 0.6) is 0 Å². The number of nitrogens with one attached hydrogen (secondary N) is 1. The van der Waals surface area contributed by atoms with Gasteiger partial charge in [0.1, 0.15) is 0 Å². The number of nitrogens with zero attached hydrogens (tertiary/aromatic N) is 1. The Balaban J connectivity index is 4.94. The van der Waals surface area contributed by atoms with Gasteiger partial charge in [-0.05, 0) is 51.7 Å². The topological polar surface area (TPSA) is 33.7 Å². The quantitative estimate of drug-likeness (QED) is 0.393. The summed E-state index contributed by atoms with van der Waals surface area (Å²) in [6.07, 6.45) is 3.46. The molecule has 0 aromatic carbocycles. The van der Waals surface area contributed by atoms with E-state index in [0.717, 1.165) is 0 Å². The highest BCUT2D eigenvalue weighted by Gasteiger charge is 2.25. The molecule has 0 unspecified atom stereocenters. The average Bonchev–Trinajstić information content (AvgIpc) is 2.25. The first kappa shape index (κ1) is 19.7. The first-order valence-electron chi connectivity index (χ1n) is 6.50. The third-order valence-corrected chi connectivity index (χ3v) is 5.10. The second-order valence-electron chi connectivity index (χ2n) is 4.71. The van der Waals surface area contributed by atoms with Gasteiger partial charge in [-0.15, -0.1) is 13.2 Å². The molecule has 0 bridgehead atoms. The molecule has 0 aliphatic rings.